The molecule has 1 aromatic rings. The van der Waals surface area contributed by atoms with Crippen molar-refractivity contribution < 1.29 is 4.74 Å². The van der Waals surface area contributed by atoms with Gasteiger partial charge in [-0.05, 0) is 31.4 Å². The third-order valence-corrected chi connectivity index (χ3v) is 4.36. The minimum atomic E-state index is 0.750. The lowest BCUT2D eigenvalue weighted by molar-refractivity contribution is 0.394. The van der Waals surface area contributed by atoms with Crippen molar-refractivity contribution in [2.24, 2.45) is 0 Å². The van der Waals surface area contributed by atoms with Gasteiger partial charge in [0.2, 0.25) is 5.88 Å². The normalized spacial score (nSPS) is 10.7. The lowest BCUT2D eigenvalue weighted by atomic mass is 10.3. The summed E-state index contributed by atoms with van der Waals surface area (Å²) in [4.78, 5) is 7.62. The summed E-state index contributed by atoms with van der Waals surface area (Å²) in [6.45, 7) is 1.90. The highest BCUT2D eigenvalue weighted by molar-refractivity contribution is 7.98. The van der Waals surface area contributed by atoms with E-state index in [1.807, 2.05) is 30.8 Å². The zero-order chi connectivity index (χ0) is 13.4. The molecule has 0 aromatic carbocycles. The number of nitrogens with zero attached hydrogens (tertiary/aromatic N) is 2. The van der Waals surface area contributed by atoms with Gasteiger partial charge in [0.15, 0.2) is 5.13 Å². The van der Waals surface area contributed by atoms with Crippen LogP contribution in [0.25, 0.3) is 0 Å². The van der Waals surface area contributed by atoms with E-state index in [4.69, 9.17) is 4.74 Å². The fourth-order valence-corrected chi connectivity index (χ4v) is 2.90. The average Bonchev–Trinajstić information content (AvgIpc) is 2.77. The van der Waals surface area contributed by atoms with E-state index < -0.39 is 0 Å². The predicted octanol–water partition coefficient (Wildman–Crippen LogP) is 2.45. The number of unbranched alkanes of at least 4 members (excludes halogenated alkanes) is 1. The molecule has 0 fully saturated rings. The molecular weight excluding hydrogens is 266 g/mol. The van der Waals surface area contributed by atoms with Gasteiger partial charge in [-0.1, -0.05) is 11.3 Å². The summed E-state index contributed by atoms with van der Waals surface area (Å²) >= 11 is 3.59. The fraction of sp³-hybridized carbons (Fsp3) is 0.750. The van der Waals surface area contributed by atoms with E-state index in [9.17, 15) is 0 Å². The Balaban J connectivity index is 2.36. The van der Waals surface area contributed by atoms with Crippen molar-refractivity contribution in [2.75, 3.05) is 44.7 Å². The van der Waals surface area contributed by atoms with E-state index in [0.29, 0.717) is 0 Å². The number of ether oxygens (including phenoxy) is 1. The third kappa shape index (κ3) is 5.04. The predicted molar refractivity (Wildman–Crippen MR) is 82.3 cm³/mol. The van der Waals surface area contributed by atoms with Gasteiger partial charge >= 0.3 is 0 Å². The van der Waals surface area contributed by atoms with Gasteiger partial charge in [-0.25, -0.2) is 0 Å². The number of anilines is 1. The van der Waals surface area contributed by atoms with Crippen LogP contribution >= 0.6 is 23.1 Å². The van der Waals surface area contributed by atoms with Gasteiger partial charge in [-0.2, -0.15) is 16.7 Å². The highest BCUT2D eigenvalue weighted by atomic mass is 32.2. The lowest BCUT2D eigenvalue weighted by Crippen LogP contribution is -2.14. The van der Waals surface area contributed by atoms with Gasteiger partial charge in [-0.3, -0.25) is 0 Å². The van der Waals surface area contributed by atoms with Crippen molar-refractivity contribution in [3.8, 4) is 5.88 Å². The van der Waals surface area contributed by atoms with Crippen LogP contribution in [0.2, 0.25) is 0 Å². The molecule has 104 valence electrons. The molecule has 0 unspecified atom stereocenters. The molecule has 0 radical (unpaired) electrons. The highest BCUT2D eigenvalue weighted by Gasteiger charge is 2.12. The second-order valence-electron chi connectivity index (χ2n) is 4.20. The number of thiazole rings is 1. The summed E-state index contributed by atoms with van der Waals surface area (Å²) in [5.74, 6) is 2.00. The van der Waals surface area contributed by atoms with Crippen LogP contribution in [0.5, 0.6) is 5.88 Å². The Hall–Kier alpha value is -0.460. The number of hydrogen-bond acceptors (Lipinski definition) is 6. The van der Waals surface area contributed by atoms with Crippen LogP contribution in [0.4, 0.5) is 5.13 Å². The molecule has 0 bridgehead atoms. The molecule has 0 spiro atoms. The minimum absolute atomic E-state index is 0.750. The molecule has 0 saturated heterocycles. The quantitative estimate of drug-likeness (QED) is 0.707. The summed E-state index contributed by atoms with van der Waals surface area (Å²) in [6.07, 6.45) is 4.65. The Morgan fingerprint density at radius 2 is 2.17 bits per heavy atom. The molecule has 0 amide bonds. The van der Waals surface area contributed by atoms with E-state index in [1.165, 1.54) is 23.5 Å². The van der Waals surface area contributed by atoms with Crippen LogP contribution in [0.15, 0.2) is 0 Å². The molecule has 6 heteroatoms. The first-order valence-electron chi connectivity index (χ1n) is 6.09. The first-order valence-corrected chi connectivity index (χ1v) is 8.30. The molecule has 1 heterocycles. The van der Waals surface area contributed by atoms with Crippen LogP contribution in [-0.2, 0) is 6.54 Å². The van der Waals surface area contributed by atoms with Gasteiger partial charge in [0.05, 0.1) is 12.0 Å². The van der Waals surface area contributed by atoms with Crippen molar-refractivity contribution in [3.63, 3.8) is 0 Å². The summed E-state index contributed by atoms with van der Waals surface area (Å²) < 4.78 is 5.30. The molecule has 1 N–H and O–H groups in total. The van der Waals surface area contributed by atoms with E-state index in [1.54, 1.807) is 18.4 Å². The summed E-state index contributed by atoms with van der Waals surface area (Å²) in [5, 5.41) is 4.44. The molecular formula is C12H23N3OS2. The maximum atomic E-state index is 5.30. The van der Waals surface area contributed by atoms with Crippen LogP contribution < -0.4 is 15.0 Å². The van der Waals surface area contributed by atoms with Crippen molar-refractivity contribution in [3.05, 3.63) is 4.88 Å². The van der Waals surface area contributed by atoms with Gasteiger partial charge < -0.3 is 15.0 Å². The third-order valence-electron chi connectivity index (χ3n) is 2.46. The fourth-order valence-electron chi connectivity index (χ4n) is 1.49. The maximum absolute atomic E-state index is 5.30. The second-order valence-corrected chi connectivity index (χ2v) is 6.25. The van der Waals surface area contributed by atoms with Crippen LogP contribution in [-0.4, -0.2) is 44.7 Å². The van der Waals surface area contributed by atoms with E-state index in [-0.39, 0.29) is 0 Å². The molecule has 1 aromatic heterocycles. The summed E-state index contributed by atoms with van der Waals surface area (Å²) in [7, 11) is 5.67. The number of rotatable bonds is 9. The number of methoxy groups -OCH3 is 1. The largest absolute Gasteiger partial charge is 0.480 e. The molecule has 0 atom stereocenters. The second kappa shape index (κ2) is 8.61. The van der Waals surface area contributed by atoms with Crippen molar-refractivity contribution in [1.29, 1.82) is 0 Å². The molecule has 1 rings (SSSR count). The maximum Gasteiger partial charge on any atom is 0.230 e. The Labute approximate surface area is 118 Å². The van der Waals surface area contributed by atoms with Gasteiger partial charge in [0.25, 0.3) is 0 Å². The topological polar surface area (TPSA) is 37.4 Å². The molecule has 0 saturated carbocycles. The van der Waals surface area contributed by atoms with Crippen LogP contribution in [0.1, 0.15) is 17.7 Å². The van der Waals surface area contributed by atoms with Gasteiger partial charge in [0.1, 0.15) is 0 Å². The average molecular weight is 289 g/mol. The monoisotopic (exact) mass is 289 g/mol. The summed E-state index contributed by atoms with van der Waals surface area (Å²) in [5.41, 5.74) is 0. The van der Waals surface area contributed by atoms with Crippen molar-refractivity contribution in [1.82, 2.24) is 10.3 Å². The minimum Gasteiger partial charge on any atom is -0.480 e. The molecule has 0 aliphatic heterocycles. The molecule has 18 heavy (non-hydrogen) atoms. The number of aromatic nitrogens is 1. The first kappa shape index (κ1) is 15.6. The smallest absolute Gasteiger partial charge is 0.230 e. The van der Waals surface area contributed by atoms with Crippen LogP contribution in [0, 0.1) is 0 Å². The highest BCUT2D eigenvalue weighted by Crippen LogP contribution is 2.30. The van der Waals surface area contributed by atoms with E-state index in [0.717, 1.165) is 24.1 Å². The Morgan fingerprint density at radius 3 is 2.78 bits per heavy atom. The lowest BCUT2D eigenvalue weighted by Gasteiger charge is -2.05. The number of hydrogen-bond donors (Lipinski definition) is 1. The SMILES string of the molecule is COc1nc(N(C)C)sc1CNCCCCSC. The van der Waals surface area contributed by atoms with Crippen LogP contribution in [0.3, 0.4) is 0 Å². The summed E-state index contributed by atoms with van der Waals surface area (Å²) in [6, 6.07) is 0. The van der Waals surface area contributed by atoms with E-state index in [2.05, 4.69) is 16.6 Å². The van der Waals surface area contributed by atoms with Crippen molar-refractivity contribution in [2.45, 2.75) is 19.4 Å². The zero-order valence-corrected chi connectivity index (χ0v) is 13.3. The first-order chi connectivity index (χ1) is 8.69. The molecule has 0 aliphatic rings. The van der Waals surface area contributed by atoms with E-state index >= 15 is 0 Å². The van der Waals surface area contributed by atoms with Crippen molar-refractivity contribution >= 4 is 28.2 Å². The number of nitrogens with one attached hydrogen (secondary N) is 1. The van der Waals surface area contributed by atoms with Gasteiger partial charge in [0, 0.05) is 20.6 Å². The Kier molecular flexibility index (Phi) is 7.46. The zero-order valence-electron chi connectivity index (χ0n) is 11.7. The molecule has 0 aliphatic carbocycles. The van der Waals surface area contributed by atoms with Gasteiger partial charge in [-0.15, -0.1) is 0 Å². The Bertz CT molecular complexity index is 342. The molecule has 4 nitrogen and oxygen atoms in total. The number of thioether (sulfide) groups is 1. The Morgan fingerprint density at radius 1 is 1.39 bits per heavy atom. The standard InChI is InChI=1S/C12H23N3OS2/c1-15(2)12-14-11(16-3)10(18-12)9-13-7-5-6-8-17-4/h13H,5-9H2,1-4H3.